The first kappa shape index (κ1) is 13.3. The number of nitrogens with one attached hydrogen (secondary N) is 1. The van der Waals surface area contributed by atoms with Gasteiger partial charge < -0.3 is 16.0 Å². The number of aromatic nitrogens is 2. The molecule has 0 aromatic carbocycles. The minimum absolute atomic E-state index is 0.135. The predicted octanol–water partition coefficient (Wildman–Crippen LogP) is 1.37. The molecule has 0 bridgehead atoms. The molecule has 0 atom stereocenters. The Morgan fingerprint density at radius 1 is 1.47 bits per heavy atom. The van der Waals surface area contributed by atoms with Crippen molar-refractivity contribution in [2.75, 3.05) is 30.0 Å². The predicted molar refractivity (Wildman–Crippen MR) is 77.4 cm³/mol. The van der Waals surface area contributed by atoms with Crippen molar-refractivity contribution in [3.8, 4) is 0 Å². The van der Waals surface area contributed by atoms with Crippen molar-refractivity contribution >= 4 is 33.9 Å². The molecule has 2 aromatic heterocycles. The number of carbonyl (C=O) groups is 1. The van der Waals surface area contributed by atoms with Gasteiger partial charge in [-0.05, 0) is 12.1 Å². The Labute approximate surface area is 115 Å². The lowest BCUT2D eigenvalue weighted by Crippen LogP contribution is -2.15. The van der Waals surface area contributed by atoms with Crippen molar-refractivity contribution in [3.05, 3.63) is 29.4 Å². The highest BCUT2D eigenvalue weighted by atomic mass is 32.1. The maximum atomic E-state index is 11.8. The number of amides is 1. The summed E-state index contributed by atoms with van der Waals surface area (Å²) in [5, 5.41) is 5.02. The van der Waals surface area contributed by atoms with Crippen molar-refractivity contribution in [1.82, 2.24) is 9.97 Å². The van der Waals surface area contributed by atoms with E-state index in [1.807, 2.05) is 31.1 Å². The SMILES string of the molecule is CN(C)c1ccc(NC(=O)Cc2csc(N)n2)cn1. The zero-order chi connectivity index (χ0) is 13.8. The molecule has 1 amide bonds. The number of nitrogens with zero attached hydrogens (tertiary/aromatic N) is 3. The van der Waals surface area contributed by atoms with Gasteiger partial charge in [-0.2, -0.15) is 0 Å². The van der Waals surface area contributed by atoms with Gasteiger partial charge >= 0.3 is 0 Å². The van der Waals surface area contributed by atoms with Gasteiger partial charge in [0.15, 0.2) is 5.13 Å². The fourth-order valence-corrected chi connectivity index (χ4v) is 2.06. The van der Waals surface area contributed by atoms with Crippen LogP contribution in [0.1, 0.15) is 5.69 Å². The fourth-order valence-electron chi connectivity index (χ4n) is 1.50. The van der Waals surface area contributed by atoms with E-state index in [1.54, 1.807) is 11.6 Å². The van der Waals surface area contributed by atoms with Gasteiger partial charge in [-0.3, -0.25) is 4.79 Å². The van der Waals surface area contributed by atoms with Gasteiger partial charge in [0.1, 0.15) is 5.82 Å². The van der Waals surface area contributed by atoms with Gasteiger partial charge in [-0.25, -0.2) is 9.97 Å². The number of rotatable bonds is 4. The van der Waals surface area contributed by atoms with Gasteiger partial charge in [-0.15, -0.1) is 11.3 Å². The highest BCUT2D eigenvalue weighted by Crippen LogP contribution is 2.14. The number of nitrogens with two attached hydrogens (primary N) is 1. The number of pyridine rings is 1. The average molecular weight is 277 g/mol. The van der Waals surface area contributed by atoms with E-state index in [1.165, 1.54) is 11.3 Å². The Hall–Kier alpha value is -2.15. The van der Waals surface area contributed by atoms with E-state index in [0.717, 1.165) is 5.82 Å². The first-order valence-electron chi connectivity index (χ1n) is 5.67. The Morgan fingerprint density at radius 3 is 2.79 bits per heavy atom. The fraction of sp³-hybridized carbons (Fsp3) is 0.250. The van der Waals surface area contributed by atoms with Crippen molar-refractivity contribution in [3.63, 3.8) is 0 Å². The maximum Gasteiger partial charge on any atom is 0.230 e. The number of hydrogen-bond donors (Lipinski definition) is 2. The van der Waals surface area contributed by atoms with Crippen molar-refractivity contribution in [2.45, 2.75) is 6.42 Å². The minimum atomic E-state index is -0.135. The third-order valence-corrected chi connectivity index (χ3v) is 3.12. The van der Waals surface area contributed by atoms with Gasteiger partial charge in [0.05, 0.1) is 24.0 Å². The summed E-state index contributed by atoms with van der Waals surface area (Å²) in [4.78, 5) is 21.9. The largest absolute Gasteiger partial charge is 0.375 e. The van der Waals surface area contributed by atoms with Crippen LogP contribution in [0.5, 0.6) is 0 Å². The van der Waals surface area contributed by atoms with E-state index >= 15 is 0 Å². The molecule has 7 heteroatoms. The van der Waals surface area contributed by atoms with Crippen LogP contribution in [-0.4, -0.2) is 30.0 Å². The molecule has 0 aliphatic heterocycles. The maximum absolute atomic E-state index is 11.8. The molecule has 3 N–H and O–H groups in total. The van der Waals surface area contributed by atoms with Crippen molar-refractivity contribution in [1.29, 1.82) is 0 Å². The van der Waals surface area contributed by atoms with Crippen LogP contribution < -0.4 is 16.0 Å². The third kappa shape index (κ3) is 3.65. The first-order valence-corrected chi connectivity index (χ1v) is 6.55. The van der Waals surface area contributed by atoms with E-state index < -0.39 is 0 Å². The quantitative estimate of drug-likeness (QED) is 0.881. The second-order valence-corrected chi connectivity index (χ2v) is 5.09. The van der Waals surface area contributed by atoms with Crippen LogP contribution >= 0.6 is 11.3 Å². The summed E-state index contributed by atoms with van der Waals surface area (Å²) in [7, 11) is 3.82. The molecule has 2 aromatic rings. The van der Waals surface area contributed by atoms with Gasteiger partial charge in [0, 0.05) is 19.5 Å². The van der Waals surface area contributed by atoms with Crippen LogP contribution in [0.15, 0.2) is 23.7 Å². The highest BCUT2D eigenvalue weighted by Gasteiger charge is 2.07. The molecule has 0 spiro atoms. The van der Waals surface area contributed by atoms with Crippen LogP contribution in [0.2, 0.25) is 0 Å². The number of hydrogen-bond acceptors (Lipinski definition) is 6. The number of carbonyl (C=O) groups excluding carboxylic acids is 1. The van der Waals surface area contributed by atoms with Gasteiger partial charge in [0.25, 0.3) is 0 Å². The van der Waals surface area contributed by atoms with E-state index in [2.05, 4.69) is 15.3 Å². The summed E-state index contributed by atoms with van der Waals surface area (Å²) in [6.45, 7) is 0. The molecule has 100 valence electrons. The molecular formula is C12H15N5OS. The van der Waals surface area contributed by atoms with Crippen LogP contribution in [0.25, 0.3) is 0 Å². The third-order valence-electron chi connectivity index (χ3n) is 2.40. The molecular weight excluding hydrogens is 262 g/mol. The highest BCUT2D eigenvalue weighted by molar-refractivity contribution is 7.13. The molecule has 0 fully saturated rings. The first-order chi connectivity index (χ1) is 9.04. The molecule has 2 heterocycles. The lowest BCUT2D eigenvalue weighted by molar-refractivity contribution is -0.115. The molecule has 0 radical (unpaired) electrons. The Bertz CT molecular complexity index is 564. The smallest absolute Gasteiger partial charge is 0.230 e. The topological polar surface area (TPSA) is 84.1 Å². The zero-order valence-corrected chi connectivity index (χ0v) is 11.6. The van der Waals surface area contributed by atoms with E-state index in [-0.39, 0.29) is 12.3 Å². The second-order valence-electron chi connectivity index (χ2n) is 4.20. The standard InChI is InChI=1S/C12H15N5OS/c1-17(2)10-4-3-8(6-14-10)15-11(18)5-9-7-19-12(13)16-9/h3-4,6-7H,5H2,1-2H3,(H2,13,16)(H,15,18). The summed E-state index contributed by atoms with van der Waals surface area (Å²) in [5.41, 5.74) is 6.86. The zero-order valence-electron chi connectivity index (χ0n) is 10.8. The van der Waals surface area contributed by atoms with Crippen LogP contribution in [0.3, 0.4) is 0 Å². The van der Waals surface area contributed by atoms with Crippen LogP contribution in [0.4, 0.5) is 16.6 Å². The summed E-state index contributed by atoms with van der Waals surface area (Å²) >= 11 is 1.33. The minimum Gasteiger partial charge on any atom is -0.375 e. The molecule has 0 aliphatic rings. The van der Waals surface area contributed by atoms with E-state index in [0.29, 0.717) is 16.5 Å². The molecule has 0 aliphatic carbocycles. The van der Waals surface area contributed by atoms with E-state index in [4.69, 9.17) is 5.73 Å². The Kier molecular flexibility index (Phi) is 3.96. The van der Waals surface area contributed by atoms with Gasteiger partial charge in [-0.1, -0.05) is 0 Å². The lowest BCUT2D eigenvalue weighted by atomic mass is 10.3. The molecule has 0 saturated carbocycles. The summed E-state index contributed by atoms with van der Waals surface area (Å²) < 4.78 is 0. The van der Waals surface area contributed by atoms with Crippen LogP contribution in [-0.2, 0) is 11.2 Å². The normalized spacial score (nSPS) is 10.2. The van der Waals surface area contributed by atoms with Crippen molar-refractivity contribution < 1.29 is 4.79 Å². The molecule has 2 rings (SSSR count). The summed E-state index contributed by atoms with van der Waals surface area (Å²) in [6.07, 6.45) is 1.84. The average Bonchev–Trinajstić information content (AvgIpc) is 2.75. The van der Waals surface area contributed by atoms with E-state index in [9.17, 15) is 4.79 Å². The molecule has 0 unspecified atom stereocenters. The molecule has 19 heavy (non-hydrogen) atoms. The Balaban J connectivity index is 1.95. The summed E-state index contributed by atoms with van der Waals surface area (Å²) in [5.74, 6) is 0.704. The number of nitrogen functional groups attached to an aromatic ring is 1. The summed E-state index contributed by atoms with van der Waals surface area (Å²) in [6, 6.07) is 3.66. The number of anilines is 3. The monoisotopic (exact) mass is 277 g/mol. The molecule has 0 saturated heterocycles. The van der Waals surface area contributed by atoms with Crippen molar-refractivity contribution in [2.24, 2.45) is 0 Å². The Morgan fingerprint density at radius 2 is 2.26 bits per heavy atom. The second kappa shape index (κ2) is 5.66. The molecule has 6 nitrogen and oxygen atoms in total. The van der Waals surface area contributed by atoms with Gasteiger partial charge in [0.2, 0.25) is 5.91 Å². The van der Waals surface area contributed by atoms with Crippen LogP contribution in [0, 0.1) is 0 Å². The number of thiazole rings is 1. The lowest BCUT2D eigenvalue weighted by Gasteiger charge is -2.11.